The Morgan fingerprint density at radius 2 is 2.36 bits per heavy atom. The van der Waals surface area contributed by atoms with Gasteiger partial charge in [0.15, 0.2) is 5.69 Å². The summed E-state index contributed by atoms with van der Waals surface area (Å²) in [7, 11) is 0. The van der Waals surface area contributed by atoms with Crippen LogP contribution >= 0.6 is 22.7 Å². The largest absolute Gasteiger partial charge is 0.476 e. The molecule has 72 valence electrons. The summed E-state index contributed by atoms with van der Waals surface area (Å²) in [5.74, 6) is -0.992. The molecule has 0 spiro atoms. The summed E-state index contributed by atoms with van der Waals surface area (Å²) in [5.41, 5.74) is 0.0936. The van der Waals surface area contributed by atoms with Crippen molar-refractivity contribution in [1.29, 1.82) is 0 Å². The second-order valence-corrected chi connectivity index (χ2v) is 4.68. The number of aromatic carboxylic acids is 1. The standard InChI is InChI=1S/C8H6N2O2S2/c1-4-9-2-6(14-4)7-10-5(3-13-7)8(11)12/h2-3H,1H3,(H,11,12). The third-order valence-electron chi connectivity index (χ3n) is 1.56. The van der Waals surface area contributed by atoms with E-state index in [0.29, 0.717) is 5.01 Å². The van der Waals surface area contributed by atoms with Gasteiger partial charge in [0, 0.05) is 11.6 Å². The van der Waals surface area contributed by atoms with Crippen molar-refractivity contribution in [2.75, 3.05) is 0 Å². The molecular weight excluding hydrogens is 220 g/mol. The average Bonchev–Trinajstić information content (AvgIpc) is 2.70. The number of carboxylic acid groups (broad SMARTS) is 1. The summed E-state index contributed by atoms with van der Waals surface area (Å²) >= 11 is 2.83. The van der Waals surface area contributed by atoms with Crippen LogP contribution in [0.2, 0.25) is 0 Å². The maximum atomic E-state index is 10.6. The molecule has 0 radical (unpaired) electrons. The number of hydrogen-bond acceptors (Lipinski definition) is 5. The smallest absolute Gasteiger partial charge is 0.355 e. The van der Waals surface area contributed by atoms with Gasteiger partial charge in [-0.1, -0.05) is 0 Å². The van der Waals surface area contributed by atoms with Crippen molar-refractivity contribution >= 4 is 28.6 Å². The summed E-state index contributed by atoms with van der Waals surface area (Å²) < 4.78 is 0. The van der Waals surface area contributed by atoms with Crippen molar-refractivity contribution in [2.45, 2.75) is 6.92 Å². The van der Waals surface area contributed by atoms with E-state index in [1.165, 1.54) is 28.1 Å². The first kappa shape index (κ1) is 9.29. The van der Waals surface area contributed by atoms with Gasteiger partial charge in [0.25, 0.3) is 0 Å². The van der Waals surface area contributed by atoms with Crippen LogP contribution in [0.3, 0.4) is 0 Å². The van der Waals surface area contributed by atoms with Crippen LogP contribution in [0, 0.1) is 6.92 Å². The first-order valence-electron chi connectivity index (χ1n) is 3.78. The number of carboxylic acids is 1. The van der Waals surface area contributed by atoms with E-state index in [0.717, 1.165) is 9.88 Å². The molecule has 0 fully saturated rings. The van der Waals surface area contributed by atoms with E-state index in [4.69, 9.17) is 5.11 Å². The minimum Gasteiger partial charge on any atom is -0.476 e. The van der Waals surface area contributed by atoms with Crippen LogP contribution in [-0.4, -0.2) is 21.0 Å². The predicted molar refractivity (Wildman–Crippen MR) is 54.9 cm³/mol. The highest BCUT2D eigenvalue weighted by Gasteiger charge is 2.11. The van der Waals surface area contributed by atoms with Crippen LogP contribution in [0.5, 0.6) is 0 Å². The average molecular weight is 226 g/mol. The quantitative estimate of drug-likeness (QED) is 0.853. The van der Waals surface area contributed by atoms with Crippen LogP contribution in [0.1, 0.15) is 15.5 Å². The number of aromatic nitrogens is 2. The Balaban J connectivity index is 2.38. The second-order valence-electron chi connectivity index (χ2n) is 2.59. The minimum atomic E-state index is -0.992. The fraction of sp³-hybridized carbons (Fsp3) is 0.125. The van der Waals surface area contributed by atoms with Gasteiger partial charge in [0.2, 0.25) is 0 Å². The lowest BCUT2D eigenvalue weighted by molar-refractivity contribution is 0.0691. The molecule has 2 heterocycles. The highest BCUT2D eigenvalue weighted by molar-refractivity contribution is 7.20. The summed E-state index contributed by atoms with van der Waals surface area (Å²) in [6.07, 6.45) is 1.71. The highest BCUT2D eigenvalue weighted by Crippen LogP contribution is 2.28. The van der Waals surface area contributed by atoms with Gasteiger partial charge in [-0.2, -0.15) is 0 Å². The molecule has 0 aliphatic rings. The summed E-state index contributed by atoms with van der Waals surface area (Å²) in [4.78, 5) is 19.6. The van der Waals surface area contributed by atoms with E-state index in [2.05, 4.69) is 9.97 Å². The normalized spacial score (nSPS) is 10.4. The third-order valence-corrected chi connectivity index (χ3v) is 3.48. The zero-order valence-corrected chi connectivity index (χ0v) is 8.85. The first-order valence-corrected chi connectivity index (χ1v) is 5.48. The van der Waals surface area contributed by atoms with E-state index in [1.807, 2.05) is 6.92 Å². The Bertz CT molecular complexity index is 475. The molecule has 14 heavy (non-hydrogen) atoms. The Kier molecular flexibility index (Phi) is 2.30. The minimum absolute atomic E-state index is 0.0936. The molecule has 0 aliphatic carbocycles. The maximum Gasteiger partial charge on any atom is 0.355 e. The van der Waals surface area contributed by atoms with Gasteiger partial charge < -0.3 is 5.11 Å². The fourth-order valence-electron chi connectivity index (χ4n) is 0.945. The Hall–Kier alpha value is -1.27. The molecule has 1 N–H and O–H groups in total. The Labute approximate surface area is 87.9 Å². The fourth-order valence-corrected chi connectivity index (χ4v) is 2.57. The van der Waals surface area contributed by atoms with Gasteiger partial charge in [0.1, 0.15) is 5.01 Å². The van der Waals surface area contributed by atoms with Gasteiger partial charge in [-0.25, -0.2) is 14.8 Å². The summed E-state index contributed by atoms with van der Waals surface area (Å²) in [6.45, 7) is 1.90. The van der Waals surface area contributed by atoms with Gasteiger partial charge in [0.05, 0.1) is 9.88 Å². The molecule has 0 saturated carbocycles. The van der Waals surface area contributed by atoms with Crippen molar-refractivity contribution < 1.29 is 9.90 Å². The lowest BCUT2D eigenvalue weighted by Gasteiger charge is -1.85. The van der Waals surface area contributed by atoms with E-state index in [1.54, 1.807) is 6.20 Å². The molecule has 0 bridgehead atoms. The molecule has 0 saturated heterocycles. The maximum absolute atomic E-state index is 10.6. The van der Waals surface area contributed by atoms with Crippen molar-refractivity contribution in [1.82, 2.24) is 9.97 Å². The second kappa shape index (κ2) is 3.47. The number of carbonyl (C=O) groups is 1. The van der Waals surface area contributed by atoms with E-state index >= 15 is 0 Å². The van der Waals surface area contributed by atoms with Crippen LogP contribution in [0.15, 0.2) is 11.6 Å². The molecule has 0 aliphatic heterocycles. The SMILES string of the molecule is Cc1ncc(-c2nc(C(=O)O)cs2)s1. The third kappa shape index (κ3) is 1.66. The Morgan fingerprint density at radius 1 is 1.57 bits per heavy atom. The molecule has 2 aromatic rings. The zero-order chi connectivity index (χ0) is 10.1. The first-order chi connectivity index (χ1) is 6.66. The molecule has 0 atom stereocenters. The van der Waals surface area contributed by atoms with Crippen molar-refractivity contribution in [3.8, 4) is 9.88 Å². The van der Waals surface area contributed by atoms with Gasteiger partial charge >= 0.3 is 5.97 Å². The number of thiazole rings is 2. The highest BCUT2D eigenvalue weighted by atomic mass is 32.1. The monoisotopic (exact) mass is 226 g/mol. The van der Waals surface area contributed by atoms with Crippen LogP contribution in [0.25, 0.3) is 9.88 Å². The summed E-state index contributed by atoms with van der Waals surface area (Å²) in [6, 6.07) is 0. The predicted octanol–water partition coefficient (Wildman–Crippen LogP) is 2.27. The van der Waals surface area contributed by atoms with Crippen molar-refractivity contribution in [3.63, 3.8) is 0 Å². The lowest BCUT2D eigenvalue weighted by atomic mass is 10.5. The molecule has 2 rings (SSSR count). The number of aryl methyl sites for hydroxylation is 1. The van der Waals surface area contributed by atoms with Gasteiger partial charge in [-0.15, -0.1) is 22.7 Å². The van der Waals surface area contributed by atoms with Crippen LogP contribution in [-0.2, 0) is 0 Å². The van der Waals surface area contributed by atoms with Gasteiger partial charge in [-0.05, 0) is 6.92 Å². The summed E-state index contributed by atoms with van der Waals surface area (Å²) in [5, 5.41) is 11.9. The zero-order valence-electron chi connectivity index (χ0n) is 7.22. The molecular formula is C8H6N2O2S2. The molecule has 4 nitrogen and oxygen atoms in total. The van der Waals surface area contributed by atoms with E-state index < -0.39 is 5.97 Å². The molecule has 0 aromatic carbocycles. The lowest BCUT2D eigenvalue weighted by Crippen LogP contribution is -1.95. The molecule has 2 aromatic heterocycles. The van der Waals surface area contributed by atoms with E-state index in [9.17, 15) is 4.79 Å². The number of rotatable bonds is 2. The Morgan fingerprint density at radius 3 is 2.86 bits per heavy atom. The molecule has 0 amide bonds. The van der Waals surface area contributed by atoms with Gasteiger partial charge in [-0.3, -0.25) is 0 Å². The number of hydrogen-bond donors (Lipinski definition) is 1. The van der Waals surface area contributed by atoms with E-state index in [-0.39, 0.29) is 5.69 Å². The van der Waals surface area contributed by atoms with Crippen LogP contribution < -0.4 is 0 Å². The van der Waals surface area contributed by atoms with Crippen molar-refractivity contribution in [3.05, 3.63) is 22.3 Å². The van der Waals surface area contributed by atoms with Crippen LogP contribution in [0.4, 0.5) is 0 Å². The molecule has 6 heteroatoms. The molecule has 0 unspecified atom stereocenters. The van der Waals surface area contributed by atoms with Crippen molar-refractivity contribution in [2.24, 2.45) is 0 Å². The number of nitrogens with zero attached hydrogens (tertiary/aromatic N) is 2. The topological polar surface area (TPSA) is 63.1 Å².